The van der Waals surface area contributed by atoms with Gasteiger partial charge in [0.15, 0.2) is 0 Å². The highest BCUT2D eigenvalue weighted by Gasteiger charge is 2.37. The van der Waals surface area contributed by atoms with E-state index in [1.54, 1.807) is 12.1 Å². The fourth-order valence-electron chi connectivity index (χ4n) is 4.49. The first kappa shape index (κ1) is 25.4. The summed E-state index contributed by atoms with van der Waals surface area (Å²) in [5, 5.41) is 0. The van der Waals surface area contributed by atoms with Crippen molar-refractivity contribution < 1.29 is 9.18 Å². The Morgan fingerprint density at radius 3 is 2.19 bits per heavy atom. The van der Waals surface area contributed by atoms with Gasteiger partial charge < -0.3 is 15.5 Å². The van der Waals surface area contributed by atoms with Crippen molar-refractivity contribution in [3.05, 3.63) is 66.0 Å². The number of halogens is 3. The molecule has 2 aromatic carbocycles. The predicted octanol–water partition coefficient (Wildman–Crippen LogP) is 3.13. The van der Waals surface area contributed by atoms with Gasteiger partial charge in [0.25, 0.3) is 0 Å². The second-order valence-electron chi connectivity index (χ2n) is 8.10. The van der Waals surface area contributed by atoms with E-state index in [0.717, 1.165) is 31.9 Å². The van der Waals surface area contributed by atoms with Crippen LogP contribution in [0, 0.1) is 5.82 Å². The van der Waals surface area contributed by atoms with Gasteiger partial charge >= 0.3 is 0 Å². The number of nitrogens with zero attached hydrogens (tertiary/aromatic N) is 3. The van der Waals surface area contributed by atoms with Crippen LogP contribution >= 0.6 is 24.8 Å². The van der Waals surface area contributed by atoms with Crippen molar-refractivity contribution in [3.8, 4) is 0 Å². The molecule has 0 radical (unpaired) electrons. The van der Waals surface area contributed by atoms with Crippen LogP contribution in [0.4, 0.5) is 10.1 Å². The van der Waals surface area contributed by atoms with Gasteiger partial charge in [0.2, 0.25) is 5.91 Å². The fraction of sp³-hybridized carbons (Fsp3) is 0.435. The number of hydrogen-bond donors (Lipinski definition) is 1. The van der Waals surface area contributed by atoms with Crippen molar-refractivity contribution >= 4 is 36.4 Å². The van der Waals surface area contributed by atoms with E-state index in [-0.39, 0.29) is 54.5 Å². The maximum atomic E-state index is 13.1. The summed E-state index contributed by atoms with van der Waals surface area (Å²) in [5.41, 5.74) is 8.66. The smallest absolute Gasteiger partial charge is 0.239 e. The average molecular weight is 469 g/mol. The molecule has 0 saturated carbocycles. The third-order valence-corrected chi connectivity index (χ3v) is 6.31. The lowest BCUT2D eigenvalue weighted by Gasteiger charge is -2.38. The minimum Gasteiger partial charge on any atom is -0.368 e. The third kappa shape index (κ3) is 5.69. The largest absolute Gasteiger partial charge is 0.368 e. The van der Waals surface area contributed by atoms with E-state index in [1.807, 2.05) is 30.0 Å². The number of anilines is 1. The molecule has 8 heteroatoms. The van der Waals surface area contributed by atoms with E-state index in [4.69, 9.17) is 5.73 Å². The van der Waals surface area contributed by atoms with Crippen LogP contribution in [0.1, 0.15) is 18.4 Å². The monoisotopic (exact) mass is 468 g/mol. The number of benzene rings is 2. The molecule has 2 fully saturated rings. The Balaban J connectivity index is 0.00000171. The Labute approximate surface area is 196 Å². The van der Waals surface area contributed by atoms with E-state index in [0.29, 0.717) is 13.1 Å². The van der Waals surface area contributed by atoms with E-state index >= 15 is 0 Å². The first-order valence-electron chi connectivity index (χ1n) is 10.4. The normalized spacial score (nSPS) is 22.4. The Hall–Kier alpha value is -1.86. The number of carbonyl (C=O) groups is 1. The van der Waals surface area contributed by atoms with Gasteiger partial charge in [0, 0.05) is 56.9 Å². The highest BCUT2D eigenvalue weighted by molar-refractivity contribution is 5.85. The van der Waals surface area contributed by atoms with Crippen molar-refractivity contribution in [2.24, 2.45) is 5.73 Å². The summed E-state index contributed by atoms with van der Waals surface area (Å²) < 4.78 is 13.1. The second kappa shape index (κ2) is 11.1. The zero-order valence-electron chi connectivity index (χ0n) is 17.7. The zero-order valence-corrected chi connectivity index (χ0v) is 19.3. The number of carbonyl (C=O) groups excluding carboxylic acids is 1. The number of likely N-dealkylation sites (tertiary alicyclic amines) is 1. The quantitative estimate of drug-likeness (QED) is 0.748. The van der Waals surface area contributed by atoms with Crippen LogP contribution < -0.4 is 10.6 Å². The van der Waals surface area contributed by atoms with Crippen LogP contribution in [0.2, 0.25) is 0 Å². The van der Waals surface area contributed by atoms with Gasteiger partial charge in [0.05, 0.1) is 6.04 Å². The lowest BCUT2D eigenvalue weighted by molar-refractivity contribution is -0.136. The first-order valence-corrected chi connectivity index (χ1v) is 10.4. The van der Waals surface area contributed by atoms with Crippen LogP contribution in [-0.4, -0.2) is 67.1 Å². The average Bonchev–Trinajstić information content (AvgIpc) is 3.15. The van der Waals surface area contributed by atoms with Gasteiger partial charge in [-0.1, -0.05) is 30.3 Å². The third-order valence-electron chi connectivity index (χ3n) is 6.31. The molecule has 0 bridgehead atoms. The van der Waals surface area contributed by atoms with Gasteiger partial charge in [-0.25, -0.2) is 4.39 Å². The highest BCUT2D eigenvalue weighted by Crippen LogP contribution is 2.28. The van der Waals surface area contributed by atoms with Gasteiger partial charge in [0.1, 0.15) is 5.82 Å². The zero-order chi connectivity index (χ0) is 20.4. The SMILES string of the molecule is CC(C(=O)N1CCN(c2ccc(F)cc2)CC1)N1C[C@@H](N)[C@H](c2ccccc2)C1.Cl.Cl. The predicted molar refractivity (Wildman–Crippen MR) is 128 cm³/mol. The number of nitrogens with two attached hydrogens (primary N) is 1. The summed E-state index contributed by atoms with van der Waals surface area (Å²) in [4.78, 5) is 19.5. The summed E-state index contributed by atoms with van der Waals surface area (Å²) in [6.07, 6.45) is 0. The molecule has 1 amide bonds. The van der Waals surface area contributed by atoms with Gasteiger partial charge in [-0.05, 0) is 36.8 Å². The molecule has 2 saturated heterocycles. The Morgan fingerprint density at radius 2 is 1.58 bits per heavy atom. The molecule has 5 nitrogen and oxygen atoms in total. The molecule has 2 aliphatic heterocycles. The summed E-state index contributed by atoms with van der Waals surface area (Å²) in [6, 6.07) is 16.8. The first-order chi connectivity index (χ1) is 14.0. The fourth-order valence-corrected chi connectivity index (χ4v) is 4.49. The number of amides is 1. The van der Waals surface area contributed by atoms with Crippen LogP contribution in [0.5, 0.6) is 0 Å². The number of piperazine rings is 1. The summed E-state index contributed by atoms with van der Waals surface area (Å²) >= 11 is 0. The Morgan fingerprint density at radius 1 is 0.968 bits per heavy atom. The van der Waals surface area contributed by atoms with E-state index in [2.05, 4.69) is 21.9 Å². The molecule has 31 heavy (non-hydrogen) atoms. The molecule has 170 valence electrons. The van der Waals surface area contributed by atoms with Gasteiger partial charge in [-0.2, -0.15) is 0 Å². The van der Waals surface area contributed by atoms with Crippen LogP contribution in [0.25, 0.3) is 0 Å². The van der Waals surface area contributed by atoms with Crippen molar-refractivity contribution in [3.63, 3.8) is 0 Å². The van der Waals surface area contributed by atoms with E-state index in [1.165, 1.54) is 17.7 Å². The standard InChI is InChI=1S/C23H29FN4O.2ClH/c1-17(28-15-21(22(25)16-28)18-5-3-2-4-6-18)23(29)27-13-11-26(12-14-27)20-9-7-19(24)8-10-20;;/h2-10,17,21-22H,11-16,25H2,1H3;2*1H/t17?,21-,22+;;/m0../s1. The molecular formula is C23H31Cl2FN4O. The number of hydrogen-bond acceptors (Lipinski definition) is 4. The van der Waals surface area contributed by atoms with Crippen molar-refractivity contribution in [1.29, 1.82) is 0 Å². The summed E-state index contributed by atoms with van der Waals surface area (Å²) in [5.74, 6) is 0.209. The van der Waals surface area contributed by atoms with Crippen molar-refractivity contribution in [2.75, 3.05) is 44.2 Å². The molecule has 0 aromatic heterocycles. The lowest BCUT2D eigenvalue weighted by Crippen LogP contribution is -2.54. The van der Waals surface area contributed by atoms with E-state index in [9.17, 15) is 9.18 Å². The summed E-state index contributed by atoms with van der Waals surface area (Å²) in [7, 11) is 0. The minimum atomic E-state index is -0.228. The van der Waals surface area contributed by atoms with Crippen molar-refractivity contribution in [1.82, 2.24) is 9.80 Å². The Bertz CT molecular complexity index is 831. The maximum Gasteiger partial charge on any atom is 0.239 e. The molecule has 4 rings (SSSR count). The second-order valence-corrected chi connectivity index (χ2v) is 8.10. The van der Waals surface area contributed by atoms with Crippen LogP contribution in [0.3, 0.4) is 0 Å². The minimum absolute atomic E-state index is 0. The topological polar surface area (TPSA) is 52.8 Å². The summed E-state index contributed by atoms with van der Waals surface area (Å²) in [6.45, 7) is 6.43. The van der Waals surface area contributed by atoms with E-state index < -0.39 is 0 Å². The molecule has 0 aliphatic carbocycles. The van der Waals surface area contributed by atoms with Crippen LogP contribution in [0.15, 0.2) is 54.6 Å². The number of rotatable bonds is 4. The molecule has 0 spiro atoms. The molecule has 3 atom stereocenters. The van der Waals surface area contributed by atoms with Crippen molar-refractivity contribution in [2.45, 2.75) is 24.9 Å². The molecule has 2 aromatic rings. The molecular weight excluding hydrogens is 438 g/mol. The molecule has 2 aliphatic rings. The van der Waals surface area contributed by atoms with Gasteiger partial charge in [-0.15, -0.1) is 24.8 Å². The maximum absolute atomic E-state index is 13.1. The van der Waals surface area contributed by atoms with Gasteiger partial charge in [-0.3, -0.25) is 9.69 Å². The van der Waals surface area contributed by atoms with Crippen LogP contribution in [-0.2, 0) is 4.79 Å². The lowest BCUT2D eigenvalue weighted by atomic mass is 9.95. The Kier molecular flexibility index (Phi) is 9.13. The molecule has 2 N–H and O–H groups in total. The molecule has 1 unspecified atom stereocenters. The highest BCUT2D eigenvalue weighted by atomic mass is 35.5. The molecule has 2 heterocycles.